The number of thioether (sulfide) groups is 1. The van der Waals surface area contributed by atoms with E-state index in [4.69, 9.17) is 9.47 Å². The topological polar surface area (TPSA) is 93.7 Å². The molecule has 5 rings (SSSR count). The molecule has 0 N–H and O–H groups in total. The Labute approximate surface area is 252 Å². The summed E-state index contributed by atoms with van der Waals surface area (Å²) in [6, 6.07) is 24.1. The van der Waals surface area contributed by atoms with E-state index < -0.39 is 12.0 Å². The third-order valence-electron chi connectivity index (χ3n) is 6.74. The van der Waals surface area contributed by atoms with E-state index in [0.717, 1.165) is 16.0 Å². The van der Waals surface area contributed by atoms with Crippen LogP contribution in [0.15, 0.2) is 98.7 Å². The molecule has 0 bridgehead atoms. The number of para-hydroxylation sites is 1. The molecule has 0 fully saturated rings. The molecule has 0 spiro atoms. The molecule has 0 saturated carbocycles. The number of nitrogens with zero attached hydrogens (tertiary/aromatic N) is 3. The number of thiazole rings is 1. The average molecular weight is 596 g/mol. The standard InChI is InChI=1S/C33H29N3O4S2/c1-20(2)40-32(38)29-21(3)35-33-36(30(29)22-13-15-26(41-4)16-14-22)31(37)28(42-33)17-23-9-7-8-12-27(23)39-19-25-11-6-5-10-24(25)18-34/h5-17,20,30H,19H2,1-4H3/b28-17-/t30-/m1/s1. The van der Waals surface area contributed by atoms with Gasteiger partial charge in [-0.25, -0.2) is 9.79 Å². The number of aromatic nitrogens is 1. The van der Waals surface area contributed by atoms with Crippen LogP contribution in [-0.4, -0.2) is 22.9 Å². The van der Waals surface area contributed by atoms with Crippen molar-refractivity contribution in [3.8, 4) is 11.8 Å². The molecular formula is C33H29N3O4S2. The summed E-state index contributed by atoms with van der Waals surface area (Å²) < 4.78 is 13.7. The van der Waals surface area contributed by atoms with Gasteiger partial charge in [0.2, 0.25) is 0 Å². The number of ether oxygens (including phenoxy) is 2. The maximum atomic E-state index is 14.0. The van der Waals surface area contributed by atoms with Gasteiger partial charge in [0.05, 0.1) is 39.6 Å². The minimum absolute atomic E-state index is 0.211. The lowest BCUT2D eigenvalue weighted by Crippen LogP contribution is -2.40. The molecule has 1 atom stereocenters. The van der Waals surface area contributed by atoms with E-state index in [0.29, 0.717) is 37.5 Å². The molecule has 1 aliphatic rings. The van der Waals surface area contributed by atoms with Gasteiger partial charge in [-0.1, -0.05) is 59.9 Å². The Morgan fingerprint density at radius 2 is 1.83 bits per heavy atom. The molecule has 0 amide bonds. The number of carbonyl (C=O) groups is 1. The number of benzene rings is 3. The zero-order valence-electron chi connectivity index (χ0n) is 23.7. The van der Waals surface area contributed by atoms with Crippen LogP contribution in [0.2, 0.25) is 0 Å². The highest BCUT2D eigenvalue weighted by Crippen LogP contribution is 2.32. The van der Waals surface area contributed by atoms with Gasteiger partial charge in [0.25, 0.3) is 5.56 Å². The second kappa shape index (κ2) is 12.6. The van der Waals surface area contributed by atoms with Crippen molar-refractivity contribution >= 4 is 35.1 Å². The second-order valence-corrected chi connectivity index (χ2v) is 11.8. The van der Waals surface area contributed by atoms with E-state index in [2.05, 4.69) is 11.1 Å². The summed E-state index contributed by atoms with van der Waals surface area (Å²) in [5.41, 5.74) is 3.45. The van der Waals surface area contributed by atoms with Gasteiger partial charge in [0, 0.05) is 16.0 Å². The number of fused-ring (bicyclic) bond motifs is 1. The van der Waals surface area contributed by atoms with Crippen molar-refractivity contribution in [3.05, 3.63) is 126 Å². The van der Waals surface area contributed by atoms with Crippen LogP contribution in [0.1, 0.15) is 49.1 Å². The maximum Gasteiger partial charge on any atom is 0.338 e. The lowest BCUT2D eigenvalue weighted by molar-refractivity contribution is -0.143. The van der Waals surface area contributed by atoms with E-state index in [9.17, 15) is 14.9 Å². The normalized spacial score (nSPS) is 14.8. The molecule has 7 nitrogen and oxygen atoms in total. The monoisotopic (exact) mass is 595 g/mol. The predicted octanol–water partition coefficient (Wildman–Crippen LogP) is 5.36. The van der Waals surface area contributed by atoms with Crippen molar-refractivity contribution in [1.29, 1.82) is 5.26 Å². The van der Waals surface area contributed by atoms with Crippen LogP contribution in [0.25, 0.3) is 6.08 Å². The minimum Gasteiger partial charge on any atom is -0.488 e. The fourth-order valence-corrected chi connectivity index (χ4v) is 6.19. The number of esters is 1. The molecule has 2 heterocycles. The molecule has 42 heavy (non-hydrogen) atoms. The second-order valence-electron chi connectivity index (χ2n) is 9.90. The summed E-state index contributed by atoms with van der Waals surface area (Å²) in [5.74, 6) is 0.0912. The van der Waals surface area contributed by atoms with Crippen LogP contribution in [0.3, 0.4) is 0 Å². The largest absolute Gasteiger partial charge is 0.488 e. The lowest BCUT2D eigenvalue weighted by Gasteiger charge is -2.25. The first-order chi connectivity index (χ1) is 20.3. The molecule has 4 aromatic rings. The van der Waals surface area contributed by atoms with Crippen LogP contribution in [0.4, 0.5) is 0 Å². The fraction of sp³-hybridized carbons (Fsp3) is 0.212. The Morgan fingerprint density at radius 1 is 1.12 bits per heavy atom. The fourth-order valence-electron chi connectivity index (χ4n) is 4.75. The van der Waals surface area contributed by atoms with Gasteiger partial charge >= 0.3 is 5.97 Å². The Balaban J connectivity index is 1.60. The SMILES string of the molecule is CSc1ccc([C@@H]2C(C(=O)OC(C)C)=C(C)N=c3s/c(=C\c4ccccc4OCc4ccccc4C#N)c(=O)n32)cc1. The molecule has 1 aliphatic heterocycles. The molecule has 0 unspecified atom stereocenters. The van der Waals surface area contributed by atoms with E-state index in [-0.39, 0.29) is 18.3 Å². The minimum atomic E-state index is -0.681. The number of rotatable bonds is 8. The van der Waals surface area contributed by atoms with Gasteiger partial charge in [-0.2, -0.15) is 5.26 Å². The molecule has 3 aromatic carbocycles. The molecule has 0 aliphatic carbocycles. The molecular weight excluding hydrogens is 567 g/mol. The van der Waals surface area contributed by atoms with E-state index >= 15 is 0 Å². The zero-order chi connectivity index (χ0) is 29.8. The molecule has 212 valence electrons. The Morgan fingerprint density at radius 3 is 2.55 bits per heavy atom. The van der Waals surface area contributed by atoms with Crippen molar-refractivity contribution in [1.82, 2.24) is 4.57 Å². The van der Waals surface area contributed by atoms with Gasteiger partial charge in [-0.15, -0.1) is 11.8 Å². The molecule has 9 heteroatoms. The summed E-state index contributed by atoms with van der Waals surface area (Å²) in [5, 5.41) is 9.43. The number of allylic oxidation sites excluding steroid dienone is 1. The van der Waals surface area contributed by atoms with Crippen molar-refractivity contribution in [2.45, 2.75) is 44.4 Å². The molecule has 0 saturated heterocycles. The van der Waals surface area contributed by atoms with Gasteiger partial charge in [-0.3, -0.25) is 9.36 Å². The smallest absolute Gasteiger partial charge is 0.338 e. The summed E-state index contributed by atoms with van der Waals surface area (Å²) in [6.45, 7) is 5.58. The summed E-state index contributed by atoms with van der Waals surface area (Å²) in [4.78, 5) is 33.6. The first-order valence-corrected chi connectivity index (χ1v) is 15.4. The zero-order valence-corrected chi connectivity index (χ0v) is 25.3. The molecule has 1 aromatic heterocycles. The van der Waals surface area contributed by atoms with Crippen LogP contribution in [0.5, 0.6) is 5.75 Å². The number of carbonyl (C=O) groups excluding carboxylic acids is 1. The Bertz CT molecular complexity index is 1900. The first-order valence-electron chi connectivity index (χ1n) is 13.4. The summed E-state index contributed by atoms with van der Waals surface area (Å²) in [7, 11) is 0. The quantitative estimate of drug-likeness (QED) is 0.201. The Hall–Kier alpha value is -4.39. The third-order valence-corrected chi connectivity index (χ3v) is 8.47. The van der Waals surface area contributed by atoms with E-state index in [1.807, 2.05) is 73.0 Å². The Kier molecular flexibility index (Phi) is 8.76. The highest BCUT2D eigenvalue weighted by atomic mass is 32.2. The summed E-state index contributed by atoms with van der Waals surface area (Å²) in [6.07, 6.45) is 3.46. The van der Waals surface area contributed by atoms with Crippen LogP contribution >= 0.6 is 23.1 Å². The first kappa shape index (κ1) is 29.1. The highest BCUT2D eigenvalue weighted by Gasteiger charge is 2.33. The van der Waals surface area contributed by atoms with Gasteiger partial charge < -0.3 is 9.47 Å². The maximum absolute atomic E-state index is 14.0. The van der Waals surface area contributed by atoms with Crippen LogP contribution in [-0.2, 0) is 16.1 Å². The van der Waals surface area contributed by atoms with Crippen molar-refractivity contribution in [3.63, 3.8) is 0 Å². The summed E-state index contributed by atoms with van der Waals surface area (Å²) >= 11 is 2.88. The van der Waals surface area contributed by atoms with Gasteiger partial charge in [0.15, 0.2) is 4.80 Å². The predicted molar refractivity (Wildman–Crippen MR) is 165 cm³/mol. The lowest BCUT2D eigenvalue weighted by atomic mass is 9.96. The number of nitriles is 1. The highest BCUT2D eigenvalue weighted by molar-refractivity contribution is 7.98. The van der Waals surface area contributed by atoms with E-state index in [1.54, 1.807) is 49.2 Å². The number of hydrogen-bond acceptors (Lipinski definition) is 8. The third kappa shape index (κ3) is 5.96. The van der Waals surface area contributed by atoms with Crippen LogP contribution < -0.4 is 19.6 Å². The van der Waals surface area contributed by atoms with Crippen molar-refractivity contribution < 1.29 is 14.3 Å². The van der Waals surface area contributed by atoms with Gasteiger partial charge in [0.1, 0.15) is 12.4 Å². The van der Waals surface area contributed by atoms with Gasteiger partial charge in [-0.05, 0) is 62.9 Å². The van der Waals surface area contributed by atoms with Crippen molar-refractivity contribution in [2.75, 3.05) is 6.26 Å². The van der Waals surface area contributed by atoms with E-state index in [1.165, 1.54) is 11.3 Å². The average Bonchev–Trinajstić information content (AvgIpc) is 3.29. The number of hydrogen-bond donors (Lipinski definition) is 0. The van der Waals surface area contributed by atoms with Crippen molar-refractivity contribution in [2.24, 2.45) is 4.99 Å². The van der Waals surface area contributed by atoms with Crippen LogP contribution in [0, 0.1) is 11.3 Å². The molecule has 0 radical (unpaired) electrons.